The second kappa shape index (κ2) is 7.11. The van der Waals surface area contributed by atoms with E-state index in [1.807, 2.05) is 12.1 Å². The van der Waals surface area contributed by atoms with Gasteiger partial charge in [-0.15, -0.1) is 0 Å². The number of rotatable bonds is 4. The Morgan fingerprint density at radius 3 is 2.62 bits per heavy atom. The first-order chi connectivity index (χ1) is 11.5. The van der Waals surface area contributed by atoms with E-state index >= 15 is 0 Å². The Morgan fingerprint density at radius 1 is 1.21 bits per heavy atom. The van der Waals surface area contributed by atoms with E-state index in [-0.39, 0.29) is 6.42 Å². The molecule has 6 nitrogen and oxygen atoms in total. The van der Waals surface area contributed by atoms with Crippen molar-refractivity contribution in [2.75, 3.05) is 18.0 Å². The molecule has 1 aliphatic carbocycles. The van der Waals surface area contributed by atoms with Gasteiger partial charge in [-0.3, -0.25) is 10.0 Å². The molecular formula is C17H24N2O4S. The summed E-state index contributed by atoms with van der Waals surface area (Å²) in [7, 11) is -3.58. The maximum atomic E-state index is 12.8. The van der Waals surface area contributed by atoms with Crippen molar-refractivity contribution in [2.45, 2.75) is 48.7 Å². The lowest BCUT2D eigenvalue weighted by molar-refractivity contribution is -0.129. The number of fused-ring (bicyclic) bond motifs is 1. The van der Waals surface area contributed by atoms with Crippen LogP contribution in [-0.2, 0) is 14.6 Å². The highest BCUT2D eigenvalue weighted by Crippen LogP contribution is 2.36. The number of hydrogen-bond acceptors (Lipinski definition) is 5. The van der Waals surface area contributed by atoms with Crippen molar-refractivity contribution in [3.05, 3.63) is 24.3 Å². The summed E-state index contributed by atoms with van der Waals surface area (Å²) in [5, 5.41) is 7.92. The highest BCUT2D eigenvalue weighted by molar-refractivity contribution is 7.92. The van der Waals surface area contributed by atoms with Crippen LogP contribution in [0.5, 0.6) is 0 Å². The van der Waals surface area contributed by atoms with Crippen molar-refractivity contribution in [2.24, 2.45) is 5.92 Å². The molecule has 0 aromatic heterocycles. The lowest BCUT2D eigenvalue weighted by atomic mass is 9.88. The van der Waals surface area contributed by atoms with E-state index in [1.165, 1.54) is 32.1 Å². The molecule has 1 amide bonds. The summed E-state index contributed by atoms with van der Waals surface area (Å²) < 4.78 is 25.6. The van der Waals surface area contributed by atoms with Crippen molar-refractivity contribution in [1.29, 1.82) is 0 Å². The topological polar surface area (TPSA) is 86.7 Å². The molecule has 0 spiro atoms. The van der Waals surface area contributed by atoms with Gasteiger partial charge in [0.05, 0.1) is 15.8 Å². The lowest BCUT2D eigenvalue weighted by Crippen LogP contribution is -2.46. The van der Waals surface area contributed by atoms with Gasteiger partial charge in [-0.2, -0.15) is 0 Å². The van der Waals surface area contributed by atoms with Gasteiger partial charge in [-0.25, -0.2) is 13.9 Å². The molecule has 1 heterocycles. The van der Waals surface area contributed by atoms with Crippen LogP contribution in [0, 0.1) is 5.92 Å². The van der Waals surface area contributed by atoms with Crippen LogP contribution in [0.1, 0.15) is 38.5 Å². The maximum Gasteiger partial charge on any atom is 0.244 e. The number of hydroxylamine groups is 1. The molecule has 1 unspecified atom stereocenters. The second-order valence-corrected chi connectivity index (χ2v) is 8.98. The molecule has 1 aromatic carbocycles. The molecule has 24 heavy (non-hydrogen) atoms. The van der Waals surface area contributed by atoms with Gasteiger partial charge in [0, 0.05) is 19.5 Å². The van der Waals surface area contributed by atoms with Gasteiger partial charge in [-0.05, 0) is 30.9 Å². The minimum absolute atomic E-state index is 0.228. The monoisotopic (exact) mass is 352 g/mol. The first kappa shape index (κ1) is 17.2. The number of hydrogen-bond donors (Lipinski definition) is 2. The molecule has 132 valence electrons. The Bertz CT molecular complexity index is 698. The number of benzene rings is 1. The van der Waals surface area contributed by atoms with Gasteiger partial charge in [0.25, 0.3) is 0 Å². The number of anilines is 1. The molecule has 1 aliphatic heterocycles. The van der Waals surface area contributed by atoms with E-state index in [2.05, 4.69) is 4.90 Å². The number of carbonyl (C=O) groups excluding carboxylic acids is 1. The molecule has 2 aliphatic rings. The van der Waals surface area contributed by atoms with Crippen molar-refractivity contribution >= 4 is 21.4 Å². The van der Waals surface area contributed by atoms with E-state index in [1.54, 1.807) is 17.6 Å². The first-order valence-electron chi connectivity index (χ1n) is 8.53. The number of carbonyl (C=O) groups is 1. The highest BCUT2D eigenvalue weighted by Gasteiger charge is 2.39. The van der Waals surface area contributed by atoms with Crippen molar-refractivity contribution in [3.63, 3.8) is 0 Å². The third-order valence-corrected chi connectivity index (χ3v) is 7.27. The van der Waals surface area contributed by atoms with E-state index in [0.29, 0.717) is 17.4 Å². The number of para-hydroxylation sites is 1. The smallest absolute Gasteiger partial charge is 0.244 e. The third kappa shape index (κ3) is 3.42. The zero-order valence-electron chi connectivity index (χ0n) is 13.6. The molecular weight excluding hydrogens is 328 g/mol. The zero-order chi connectivity index (χ0) is 17.2. The summed E-state index contributed by atoms with van der Waals surface area (Å²) in [6.07, 6.45) is 5.86. The Kier molecular flexibility index (Phi) is 5.10. The largest absolute Gasteiger partial charge is 0.369 e. The number of sulfone groups is 1. The fourth-order valence-corrected chi connectivity index (χ4v) is 5.72. The van der Waals surface area contributed by atoms with Crippen molar-refractivity contribution in [1.82, 2.24) is 5.48 Å². The summed E-state index contributed by atoms with van der Waals surface area (Å²) in [5.41, 5.74) is 2.29. The summed E-state index contributed by atoms with van der Waals surface area (Å²) in [6.45, 7) is 1.12. The Balaban J connectivity index is 1.89. The average Bonchev–Trinajstić information content (AvgIpc) is 2.60. The summed E-state index contributed by atoms with van der Waals surface area (Å²) in [5.74, 6) is -0.0968. The summed E-state index contributed by atoms with van der Waals surface area (Å²) in [4.78, 5) is 13.9. The summed E-state index contributed by atoms with van der Waals surface area (Å²) in [6, 6.07) is 7.02. The molecule has 1 saturated carbocycles. The van der Waals surface area contributed by atoms with Crippen molar-refractivity contribution < 1.29 is 18.4 Å². The van der Waals surface area contributed by atoms with Gasteiger partial charge in [-0.1, -0.05) is 31.4 Å². The Morgan fingerprint density at radius 2 is 1.92 bits per heavy atom. The first-order valence-corrected chi connectivity index (χ1v) is 10.1. The summed E-state index contributed by atoms with van der Waals surface area (Å²) >= 11 is 0. The third-order valence-electron chi connectivity index (χ3n) is 5.12. The van der Waals surface area contributed by atoms with Crippen LogP contribution in [0.4, 0.5) is 5.69 Å². The van der Waals surface area contributed by atoms with E-state index < -0.39 is 21.0 Å². The molecule has 7 heteroatoms. The molecule has 0 saturated heterocycles. The highest BCUT2D eigenvalue weighted by atomic mass is 32.2. The standard InChI is InChI=1S/C17H24N2O4S/c20-17(18-21)10-14-12-19(11-13-6-2-1-3-7-13)15-8-4-5-9-16(15)24(14,22)23/h4-5,8-9,13-14,21H,1-3,6-7,10-12H2,(H,18,20). The van der Waals surface area contributed by atoms with Crippen molar-refractivity contribution in [3.8, 4) is 0 Å². The normalized spacial score (nSPS) is 23.5. The maximum absolute atomic E-state index is 12.8. The fourth-order valence-electron chi connectivity index (χ4n) is 3.86. The quantitative estimate of drug-likeness (QED) is 0.640. The molecule has 2 N–H and O–H groups in total. The van der Waals surface area contributed by atoms with Crippen LogP contribution in [-0.4, -0.2) is 37.9 Å². The predicted molar refractivity (Wildman–Crippen MR) is 90.8 cm³/mol. The molecule has 3 rings (SSSR count). The number of amides is 1. The van der Waals surface area contributed by atoms with E-state index in [4.69, 9.17) is 5.21 Å². The van der Waals surface area contributed by atoms with Crippen LogP contribution in [0.25, 0.3) is 0 Å². The van der Waals surface area contributed by atoms with Crippen LogP contribution in [0.3, 0.4) is 0 Å². The average molecular weight is 352 g/mol. The second-order valence-electron chi connectivity index (χ2n) is 6.78. The molecule has 0 bridgehead atoms. The molecule has 0 radical (unpaired) electrons. The molecule has 1 atom stereocenters. The van der Waals surface area contributed by atoms with Gasteiger partial charge in [0.2, 0.25) is 5.91 Å². The van der Waals surface area contributed by atoms with E-state index in [0.717, 1.165) is 12.2 Å². The van der Waals surface area contributed by atoms with E-state index in [9.17, 15) is 13.2 Å². The fraction of sp³-hybridized carbons (Fsp3) is 0.588. The number of nitrogens with zero attached hydrogens (tertiary/aromatic N) is 1. The van der Waals surface area contributed by atoms with Gasteiger partial charge in [0.1, 0.15) is 0 Å². The van der Waals surface area contributed by atoms with Crippen LogP contribution >= 0.6 is 0 Å². The molecule has 1 fully saturated rings. The van der Waals surface area contributed by atoms with Crippen LogP contribution in [0.15, 0.2) is 29.2 Å². The predicted octanol–water partition coefficient (Wildman–Crippen LogP) is 2.12. The Labute approximate surface area is 142 Å². The zero-order valence-corrected chi connectivity index (χ0v) is 14.5. The van der Waals surface area contributed by atoms with Crippen LogP contribution in [0.2, 0.25) is 0 Å². The minimum Gasteiger partial charge on any atom is -0.369 e. The SMILES string of the molecule is O=C(CC1CN(CC2CCCCC2)c2ccccc2S1(=O)=O)NO. The van der Waals surface area contributed by atoms with Gasteiger partial charge >= 0.3 is 0 Å². The molecule has 1 aromatic rings. The van der Waals surface area contributed by atoms with Gasteiger partial charge in [0.15, 0.2) is 9.84 Å². The lowest BCUT2D eigenvalue weighted by Gasteiger charge is -2.38. The van der Waals surface area contributed by atoms with Gasteiger partial charge < -0.3 is 4.90 Å². The van der Waals surface area contributed by atoms with Crippen LogP contribution < -0.4 is 10.4 Å². The Hall–Kier alpha value is -1.60. The number of nitrogens with one attached hydrogen (secondary N) is 1. The minimum atomic E-state index is -3.58.